The van der Waals surface area contributed by atoms with E-state index in [2.05, 4.69) is 10.4 Å². The lowest BCUT2D eigenvalue weighted by Crippen LogP contribution is -2.24. The number of hydrogen-bond acceptors (Lipinski definition) is 5. The smallest absolute Gasteiger partial charge is 0.267 e. The highest BCUT2D eigenvalue weighted by atomic mass is 32.2. The molecule has 1 aromatic heterocycles. The highest BCUT2D eigenvalue weighted by molar-refractivity contribution is 7.99. The largest absolute Gasteiger partial charge is 0.270 e. The lowest BCUT2D eigenvalue weighted by Gasteiger charge is -2.11. The average Bonchev–Trinajstić information content (AvgIpc) is 3.12. The number of nitrogens with zero attached hydrogens (tertiary/aromatic N) is 3. The molecule has 0 radical (unpaired) electrons. The minimum Gasteiger partial charge on any atom is -0.267 e. The van der Waals surface area contributed by atoms with Crippen molar-refractivity contribution in [3.8, 4) is 0 Å². The van der Waals surface area contributed by atoms with Gasteiger partial charge in [0.15, 0.2) is 0 Å². The van der Waals surface area contributed by atoms with Gasteiger partial charge in [-0.1, -0.05) is 30.0 Å². The summed E-state index contributed by atoms with van der Waals surface area (Å²) >= 11 is 1.52. The number of carbonyl (C=O) groups is 1. The summed E-state index contributed by atoms with van der Waals surface area (Å²) in [6.45, 7) is 3.86. The Morgan fingerprint density at radius 2 is 1.59 bits per heavy atom. The van der Waals surface area contributed by atoms with Crippen LogP contribution in [0, 0.1) is 24.0 Å². The van der Waals surface area contributed by atoms with E-state index < -0.39 is 4.92 Å². The number of carbonyl (C=O) groups excluding carboxylic acids is 1. The Morgan fingerprint density at radius 1 is 0.971 bits per heavy atom. The van der Waals surface area contributed by atoms with Crippen molar-refractivity contribution >= 4 is 35.3 Å². The maximum absolute atomic E-state index is 12.5. The second-order valence-electron chi connectivity index (χ2n) is 7.57. The number of hydrogen-bond donors (Lipinski definition) is 1. The van der Waals surface area contributed by atoms with Crippen LogP contribution in [-0.2, 0) is 0 Å². The molecule has 0 unspecified atom stereocenters. The van der Waals surface area contributed by atoms with E-state index in [-0.39, 0.29) is 11.6 Å². The molecule has 170 valence electrons. The van der Waals surface area contributed by atoms with E-state index in [4.69, 9.17) is 0 Å². The van der Waals surface area contributed by atoms with Gasteiger partial charge < -0.3 is 0 Å². The summed E-state index contributed by atoms with van der Waals surface area (Å²) in [5.74, 6) is -0.174. The number of nitro groups is 1. The monoisotopic (exact) mass is 470 g/mol. The second-order valence-corrected chi connectivity index (χ2v) is 8.72. The number of nitrogens with one attached hydrogen (secondary N) is 1. The predicted molar refractivity (Wildman–Crippen MR) is 135 cm³/mol. The fourth-order valence-corrected chi connectivity index (χ4v) is 4.18. The Balaban J connectivity index is 1.43. The molecule has 0 aliphatic heterocycles. The molecule has 0 fully saturated rings. The first-order chi connectivity index (χ1) is 16.4. The van der Waals surface area contributed by atoms with Crippen molar-refractivity contribution in [2.45, 2.75) is 23.6 Å². The van der Waals surface area contributed by atoms with Gasteiger partial charge in [0.2, 0.25) is 0 Å². The molecule has 4 aromatic rings. The van der Waals surface area contributed by atoms with Gasteiger partial charge >= 0.3 is 0 Å². The predicted octanol–water partition coefficient (Wildman–Crippen LogP) is 6.30. The first-order valence-corrected chi connectivity index (χ1v) is 11.3. The van der Waals surface area contributed by atoms with Crippen molar-refractivity contribution in [1.82, 2.24) is 4.68 Å². The van der Waals surface area contributed by atoms with E-state index in [1.807, 2.05) is 62.4 Å². The lowest BCUT2D eigenvalue weighted by molar-refractivity contribution is -0.384. The van der Waals surface area contributed by atoms with Crippen molar-refractivity contribution in [3.05, 3.63) is 118 Å². The van der Waals surface area contributed by atoms with Crippen molar-refractivity contribution in [3.63, 3.8) is 0 Å². The minimum atomic E-state index is -0.407. The summed E-state index contributed by atoms with van der Waals surface area (Å²) < 4.78 is 1.76. The molecular formula is C26H22N4O3S. The average molecular weight is 471 g/mol. The Kier molecular flexibility index (Phi) is 6.89. The van der Waals surface area contributed by atoms with Gasteiger partial charge in [-0.25, -0.2) is 0 Å². The zero-order chi connectivity index (χ0) is 24.1. The van der Waals surface area contributed by atoms with Crippen molar-refractivity contribution < 1.29 is 9.72 Å². The maximum Gasteiger partial charge on any atom is 0.270 e. The van der Waals surface area contributed by atoms with Crippen LogP contribution in [0.15, 0.2) is 99.7 Å². The molecule has 0 aliphatic rings. The van der Waals surface area contributed by atoms with Crippen LogP contribution in [0.1, 0.15) is 27.3 Å². The molecular weight excluding hydrogens is 448 g/mol. The lowest BCUT2D eigenvalue weighted by atomic mass is 10.2. The summed E-state index contributed by atoms with van der Waals surface area (Å²) in [4.78, 5) is 29.4. The second kappa shape index (κ2) is 10.2. The van der Waals surface area contributed by atoms with Crippen molar-refractivity contribution in [1.29, 1.82) is 0 Å². The number of benzene rings is 3. The molecule has 0 spiro atoms. The van der Waals surface area contributed by atoms with E-state index in [0.29, 0.717) is 5.56 Å². The number of amides is 1. The maximum atomic E-state index is 12.5. The number of aryl methyl sites for hydroxylation is 1. The SMILES string of the molecule is Cc1cc(C=Nc2ccc(Sc3ccc([N+](=O)[O-])cc3)cc2)c(C)n1NC(=O)c1ccccc1. The van der Waals surface area contributed by atoms with Crippen molar-refractivity contribution in [2.24, 2.45) is 4.99 Å². The minimum absolute atomic E-state index is 0.0769. The Labute approximate surface area is 201 Å². The molecule has 1 heterocycles. The van der Waals surface area contributed by atoms with Gasteiger partial charge in [0, 0.05) is 50.7 Å². The molecule has 4 rings (SSSR count). The van der Waals surface area contributed by atoms with Gasteiger partial charge in [-0.15, -0.1) is 0 Å². The standard InChI is InChI=1S/C26H22N4O3S/c1-18-16-21(19(2)29(18)28-26(31)20-6-4-3-5-7-20)17-27-22-8-12-24(13-9-22)34-25-14-10-23(11-15-25)30(32)33/h3-17H,1-2H3,(H,28,31). The summed E-state index contributed by atoms with van der Waals surface area (Å²) in [6, 6.07) is 25.3. The van der Waals surface area contributed by atoms with Crippen LogP contribution in [0.3, 0.4) is 0 Å². The van der Waals surface area contributed by atoms with Gasteiger partial charge in [0.25, 0.3) is 11.6 Å². The fourth-order valence-electron chi connectivity index (χ4n) is 3.36. The third-order valence-electron chi connectivity index (χ3n) is 5.19. The van der Waals surface area contributed by atoms with Crippen LogP contribution in [0.25, 0.3) is 0 Å². The first kappa shape index (κ1) is 23.0. The number of rotatable bonds is 7. The molecule has 0 aliphatic carbocycles. The van der Waals surface area contributed by atoms with Gasteiger partial charge in [-0.2, -0.15) is 0 Å². The number of aliphatic imine (C=N–C) groups is 1. The Morgan fingerprint density at radius 3 is 2.21 bits per heavy atom. The molecule has 8 heteroatoms. The molecule has 7 nitrogen and oxygen atoms in total. The highest BCUT2D eigenvalue weighted by Crippen LogP contribution is 2.30. The highest BCUT2D eigenvalue weighted by Gasteiger charge is 2.12. The third kappa shape index (κ3) is 5.41. The number of non-ortho nitro benzene ring substituents is 1. The van der Waals surface area contributed by atoms with Gasteiger partial charge in [0.05, 0.1) is 10.6 Å². The van der Waals surface area contributed by atoms with Crippen LogP contribution in [0.4, 0.5) is 11.4 Å². The van der Waals surface area contributed by atoms with Gasteiger partial charge in [0.1, 0.15) is 0 Å². The van der Waals surface area contributed by atoms with E-state index in [0.717, 1.165) is 32.4 Å². The molecule has 1 N–H and O–H groups in total. The Hall–Kier alpha value is -4.17. The Bertz CT molecular complexity index is 1350. The van der Waals surface area contributed by atoms with Gasteiger partial charge in [-0.3, -0.25) is 30.0 Å². The number of aromatic nitrogens is 1. The molecule has 0 atom stereocenters. The summed E-state index contributed by atoms with van der Waals surface area (Å²) in [5.41, 5.74) is 7.10. The van der Waals surface area contributed by atoms with Crippen LogP contribution < -0.4 is 5.43 Å². The van der Waals surface area contributed by atoms with Crippen LogP contribution in [0.2, 0.25) is 0 Å². The topological polar surface area (TPSA) is 89.5 Å². The summed E-state index contributed by atoms with van der Waals surface area (Å²) in [7, 11) is 0. The van der Waals surface area contributed by atoms with Crippen LogP contribution >= 0.6 is 11.8 Å². The zero-order valence-electron chi connectivity index (χ0n) is 18.6. The molecule has 0 bridgehead atoms. The molecule has 3 aromatic carbocycles. The van der Waals surface area contributed by atoms with Crippen LogP contribution in [0.5, 0.6) is 0 Å². The first-order valence-electron chi connectivity index (χ1n) is 10.5. The number of nitro benzene ring substituents is 1. The quantitative estimate of drug-likeness (QED) is 0.195. The zero-order valence-corrected chi connectivity index (χ0v) is 19.5. The van der Waals surface area contributed by atoms with E-state index in [1.54, 1.807) is 35.2 Å². The van der Waals surface area contributed by atoms with E-state index in [1.165, 1.54) is 23.9 Å². The molecule has 0 saturated heterocycles. The molecule has 34 heavy (non-hydrogen) atoms. The molecule has 1 amide bonds. The van der Waals surface area contributed by atoms with Crippen molar-refractivity contribution in [2.75, 3.05) is 5.43 Å². The van der Waals surface area contributed by atoms with Gasteiger partial charge in [-0.05, 0) is 68.4 Å². The normalized spacial score (nSPS) is 11.0. The van der Waals surface area contributed by atoms with E-state index >= 15 is 0 Å². The van der Waals surface area contributed by atoms with Crippen LogP contribution in [-0.4, -0.2) is 21.7 Å². The molecule has 0 saturated carbocycles. The third-order valence-corrected chi connectivity index (χ3v) is 6.21. The summed E-state index contributed by atoms with van der Waals surface area (Å²) in [5, 5.41) is 10.8. The summed E-state index contributed by atoms with van der Waals surface area (Å²) in [6.07, 6.45) is 1.78. The fraction of sp³-hybridized carbons (Fsp3) is 0.0769. The van der Waals surface area contributed by atoms with E-state index in [9.17, 15) is 14.9 Å².